The van der Waals surface area contributed by atoms with E-state index in [0.29, 0.717) is 23.9 Å². The van der Waals surface area contributed by atoms with Gasteiger partial charge in [-0.25, -0.2) is 4.57 Å². The Morgan fingerprint density at radius 1 is 0.442 bits per heavy atom. The van der Waals surface area contributed by atoms with Gasteiger partial charge < -0.3 is 19.4 Å². The van der Waals surface area contributed by atoms with Gasteiger partial charge in [0, 0.05) is 12.8 Å². The van der Waals surface area contributed by atoms with E-state index < -0.39 is 20.0 Å². The van der Waals surface area contributed by atoms with E-state index >= 15 is 0 Å². The molecule has 0 radical (unpaired) electrons. The lowest BCUT2D eigenvalue weighted by Gasteiger charge is -2.27. The average Bonchev–Trinajstić information content (AvgIpc) is 3.39. The lowest BCUT2D eigenvalue weighted by Crippen LogP contribution is -2.47. The number of carbonyl (C=O) groups is 2. The molecule has 0 aromatic rings. The molecular formula is C67H130N2O7P+. The molecule has 0 heterocycles. The van der Waals surface area contributed by atoms with E-state index in [9.17, 15) is 19.0 Å². The number of nitrogens with zero attached hydrogens (tertiary/aromatic N) is 1. The first-order valence-corrected chi connectivity index (χ1v) is 34.8. The van der Waals surface area contributed by atoms with Crippen molar-refractivity contribution in [2.45, 2.75) is 341 Å². The summed E-state index contributed by atoms with van der Waals surface area (Å²) >= 11 is 0. The van der Waals surface area contributed by atoms with Crippen LogP contribution in [-0.2, 0) is 27.9 Å². The summed E-state index contributed by atoms with van der Waals surface area (Å²) in [6.45, 7) is 7.04. The summed E-state index contributed by atoms with van der Waals surface area (Å²) in [5.41, 5.74) is 0. The number of carbonyl (C=O) groups excluding carboxylic acids is 2. The molecule has 0 bridgehead atoms. The first-order valence-electron chi connectivity index (χ1n) is 33.3. The van der Waals surface area contributed by atoms with Crippen LogP contribution in [0, 0.1) is 0 Å². The van der Waals surface area contributed by atoms with Crippen LogP contribution in [-0.4, -0.2) is 74.3 Å². The number of phosphoric ester groups is 1. The molecule has 10 heteroatoms. The van der Waals surface area contributed by atoms with E-state index in [2.05, 4.69) is 50.4 Å². The summed E-state index contributed by atoms with van der Waals surface area (Å²) < 4.78 is 30.7. The van der Waals surface area contributed by atoms with Gasteiger partial charge in [-0.15, -0.1) is 0 Å². The number of hydrogen-bond donors (Lipinski definition) is 2. The summed E-state index contributed by atoms with van der Waals surface area (Å²) in [4.78, 5) is 37.8. The molecule has 0 spiro atoms. The molecule has 2 N–H and O–H groups in total. The maximum atomic E-state index is 13.6. The molecule has 9 nitrogen and oxygen atoms in total. The number of ether oxygens (including phenoxy) is 1. The lowest BCUT2D eigenvalue weighted by molar-refractivity contribution is -0.870. The fourth-order valence-electron chi connectivity index (χ4n) is 9.87. The Morgan fingerprint density at radius 3 is 1.10 bits per heavy atom. The Balaban J connectivity index is 5.11. The third kappa shape index (κ3) is 58.7. The quantitative estimate of drug-likeness (QED) is 0.0205. The summed E-state index contributed by atoms with van der Waals surface area (Å²) in [5, 5.41) is 3.06. The van der Waals surface area contributed by atoms with Crippen molar-refractivity contribution in [3.63, 3.8) is 0 Å². The molecule has 0 aromatic carbocycles. The minimum atomic E-state index is -4.45. The number of esters is 1. The average molecular weight is 1110 g/mol. The maximum Gasteiger partial charge on any atom is 0.472 e. The largest absolute Gasteiger partial charge is 0.472 e. The Hall–Kier alpha value is -1.77. The van der Waals surface area contributed by atoms with Crippen molar-refractivity contribution < 1.29 is 37.3 Å². The number of rotatable bonds is 61. The van der Waals surface area contributed by atoms with Gasteiger partial charge in [-0.2, -0.15) is 0 Å². The molecule has 77 heavy (non-hydrogen) atoms. The van der Waals surface area contributed by atoms with Gasteiger partial charge in [0.15, 0.2) is 0 Å². The summed E-state index contributed by atoms with van der Waals surface area (Å²) in [6.07, 6.45) is 70.0. The highest BCUT2D eigenvalue weighted by molar-refractivity contribution is 7.47. The van der Waals surface area contributed by atoms with Crippen LogP contribution in [0.25, 0.3) is 0 Å². The minimum absolute atomic E-state index is 0.0417. The number of nitrogens with one attached hydrogen (secondary N) is 1. The molecule has 454 valence electrons. The van der Waals surface area contributed by atoms with E-state index in [0.717, 1.165) is 57.8 Å². The second-order valence-corrected chi connectivity index (χ2v) is 25.4. The first-order chi connectivity index (χ1) is 37.4. The fourth-order valence-corrected chi connectivity index (χ4v) is 10.6. The topological polar surface area (TPSA) is 111 Å². The summed E-state index contributed by atoms with van der Waals surface area (Å²) in [5.74, 6) is -0.495. The van der Waals surface area contributed by atoms with Gasteiger partial charge in [0.1, 0.15) is 19.3 Å². The number of quaternary nitrogens is 1. The zero-order chi connectivity index (χ0) is 56.4. The molecule has 3 unspecified atom stereocenters. The third-order valence-corrected chi connectivity index (χ3v) is 16.0. The van der Waals surface area contributed by atoms with Crippen LogP contribution < -0.4 is 5.32 Å². The van der Waals surface area contributed by atoms with E-state index in [1.54, 1.807) is 0 Å². The van der Waals surface area contributed by atoms with Crippen LogP contribution in [0.2, 0.25) is 0 Å². The predicted octanol–water partition coefficient (Wildman–Crippen LogP) is 20.7. The van der Waals surface area contributed by atoms with Gasteiger partial charge >= 0.3 is 13.8 Å². The molecule has 0 aliphatic carbocycles. The van der Waals surface area contributed by atoms with Crippen molar-refractivity contribution in [1.29, 1.82) is 0 Å². The van der Waals surface area contributed by atoms with Crippen molar-refractivity contribution in [2.24, 2.45) is 0 Å². The molecule has 3 atom stereocenters. The number of allylic oxidation sites excluding steroid dienone is 5. The van der Waals surface area contributed by atoms with Crippen LogP contribution in [0.3, 0.4) is 0 Å². The molecule has 0 aliphatic heterocycles. The zero-order valence-corrected chi connectivity index (χ0v) is 52.9. The van der Waals surface area contributed by atoms with Crippen molar-refractivity contribution >= 4 is 19.7 Å². The van der Waals surface area contributed by atoms with Gasteiger partial charge in [-0.05, 0) is 83.1 Å². The van der Waals surface area contributed by atoms with Crippen molar-refractivity contribution in [3.8, 4) is 0 Å². The number of hydrogen-bond acceptors (Lipinski definition) is 6. The highest BCUT2D eigenvalue weighted by Gasteiger charge is 2.30. The highest BCUT2D eigenvalue weighted by atomic mass is 31.2. The first kappa shape index (κ1) is 75.2. The monoisotopic (exact) mass is 1110 g/mol. The highest BCUT2D eigenvalue weighted by Crippen LogP contribution is 2.43. The minimum Gasteiger partial charge on any atom is -0.456 e. The summed E-state index contributed by atoms with van der Waals surface area (Å²) in [6, 6.07) is -0.847. The van der Waals surface area contributed by atoms with Crippen molar-refractivity contribution in [3.05, 3.63) is 36.5 Å². The van der Waals surface area contributed by atoms with Crippen LogP contribution in [0.1, 0.15) is 329 Å². The molecule has 0 saturated carbocycles. The van der Waals surface area contributed by atoms with Crippen LogP contribution in [0.15, 0.2) is 36.5 Å². The second kappa shape index (κ2) is 57.5. The Bertz CT molecular complexity index is 1410. The second-order valence-electron chi connectivity index (χ2n) is 24.0. The molecule has 0 rings (SSSR count). The van der Waals surface area contributed by atoms with Crippen LogP contribution in [0.5, 0.6) is 0 Å². The van der Waals surface area contributed by atoms with E-state index in [1.165, 1.54) is 238 Å². The van der Waals surface area contributed by atoms with Crippen LogP contribution >= 0.6 is 7.82 Å². The molecule has 1 amide bonds. The Morgan fingerprint density at radius 2 is 0.753 bits per heavy atom. The third-order valence-electron chi connectivity index (χ3n) is 15.1. The van der Waals surface area contributed by atoms with Gasteiger partial charge in [0.2, 0.25) is 5.91 Å². The van der Waals surface area contributed by atoms with Gasteiger partial charge in [-0.1, -0.05) is 269 Å². The number of phosphoric acid groups is 1. The molecule has 0 fully saturated rings. The number of amides is 1. The van der Waals surface area contributed by atoms with Crippen molar-refractivity contribution in [2.75, 3.05) is 40.9 Å². The smallest absolute Gasteiger partial charge is 0.456 e. The van der Waals surface area contributed by atoms with E-state index in [-0.39, 0.29) is 25.1 Å². The normalized spacial score (nSPS) is 13.8. The molecular weight excluding hydrogens is 976 g/mol. The molecule has 0 saturated heterocycles. The summed E-state index contributed by atoms with van der Waals surface area (Å²) in [7, 11) is 1.51. The molecule has 0 aliphatic rings. The number of likely N-dealkylation sites (N-methyl/N-ethyl adjacent to an activating group) is 1. The number of unbranched alkanes of at least 4 members (excludes halogenated alkanes) is 41. The Labute approximate surface area is 478 Å². The lowest BCUT2D eigenvalue weighted by atomic mass is 10.0. The predicted molar refractivity (Wildman–Crippen MR) is 332 cm³/mol. The SMILES string of the molecule is CCCCCCCC/C=C/CCCCCCCCCCCCCC(=O)OC(/C=C/CCCCCCCCCCC)C(COP(=O)(O)OCC[N+](C)(C)C)NC(=O)CCCCCCCCCCC/C=C/CCCCCCCC. The Kier molecular flexibility index (Phi) is 56.1. The van der Waals surface area contributed by atoms with E-state index in [1.807, 2.05) is 33.3 Å². The molecule has 0 aromatic heterocycles. The maximum absolute atomic E-state index is 13.6. The standard InChI is InChI=1S/C67H129N2O7P/c1-7-10-13-16-19-22-25-27-29-31-33-34-36-38-40-42-45-48-51-54-57-60-67(71)76-65(58-55-52-49-46-43-24-21-18-15-12-9-3)64(63-75-77(72,73)74-62-61-69(4,5)6)68-66(70)59-56-53-50-47-44-41-39-37-35-32-30-28-26-23-20-17-14-11-8-2/h27-30,55,58,64-65H,7-26,31-54,56-57,59-63H2,1-6H3,(H-,68,70,72,73)/p+1/b29-27+,30-28+,58-55+. The van der Waals surface area contributed by atoms with Gasteiger partial charge in [0.25, 0.3) is 0 Å². The zero-order valence-electron chi connectivity index (χ0n) is 52.0. The van der Waals surface area contributed by atoms with E-state index in [4.69, 9.17) is 13.8 Å². The van der Waals surface area contributed by atoms with Crippen molar-refractivity contribution in [1.82, 2.24) is 5.32 Å². The van der Waals surface area contributed by atoms with Crippen LogP contribution in [0.4, 0.5) is 0 Å². The van der Waals surface area contributed by atoms with Gasteiger partial charge in [-0.3, -0.25) is 18.6 Å². The van der Waals surface area contributed by atoms with Gasteiger partial charge in [0.05, 0.1) is 33.8 Å². The fraction of sp³-hybridized carbons (Fsp3) is 0.881.